The van der Waals surface area contributed by atoms with Crippen molar-refractivity contribution in [2.45, 2.75) is 38.1 Å². The smallest absolute Gasteiger partial charge is 0.267 e. The molecule has 0 bridgehead atoms. The normalized spacial score (nSPS) is 12.3. The van der Waals surface area contributed by atoms with Gasteiger partial charge in [-0.3, -0.25) is 9.59 Å². The number of para-hydroxylation sites is 1. The molecule has 0 aliphatic heterocycles. The van der Waals surface area contributed by atoms with E-state index in [4.69, 9.17) is 0 Å². The van der Waals surface area contributed by atoms with Gasteiger partial charge in [0.15, 0.2) is 5.16 Å². The number of amides is 1. The number of fused-ring (bicyclic) bond motifs is 1. The molecule has 1 aromatic carbocycles. The van der Waals surface area contributed by atoms with Gasteiger partial charge in [-0.05, 0) is 43.5 Å². The largest absolute Gasteiger partial charge is 0.355 e. The van der Waals surface area contributed by atoms with Crippen LogP contribution in [0.1, 0.15) is 26.3 Å². The highest BCUT2D eigenvalue weighted by molar-refractivity contribution is 8.00. The molecule has 0 aliphatic carbocycles. The summed E-state index contributed by atoms with van der Waals surface area (Å²) in [4.78, 5) is 34.7. The molecule has 146 valence electrons. The molecule has 0 fully saturated rings. The Morgan fingerprint density at radius 2 is 1.93 bits per heavy atom. The van der Waals surface area contributed by atoms with Crippen molar-refractivity contribution in [3.8, 4) is 5.82 Å². The van der Waals surface area contributed by atoms with E-state index >= 15 is 0 Å². The molecule has 7 heteroatoms. The number of nitrogens with one attached hydrogen (secondary N) is 1. The van der Waals surface area contributed by atoms with Crippen molar-refractivity contribution in [2.75, 3.05) is 6.54 Å². The van der Waals surface area contributed by atoms with Crippen LogP contribution in [-0.4, -0.2) is 32.2 Å². The SMILES string of the molecule is Cc1ccc(-n2c(SC(C)C(=O)NCC(C)C)nc3ccccc3c2=O)nc1. The van der Waals surface area contributed by atoms with E-state index in [2.05, 4.69) is 15.3 Å². The van der Waals surface area contributed by atoms with Gasteiger partial charge in [0.2, 0.25) is 5.91 Å². The molecule has 0 spiro atoms. The van der Waals surface area contributed by atoms with Crippen LogP contribution in [0.15, 0.2) is 52.5 Å². The van der Waals surface area contributed by atoms with Crippen molar-refractivity contribution in [1.29, 1.82) is 0 Å². The number of hydrogen-bond acceptors (Lipinski definition) is 5. The predicted octanol–water partition coefficient (Wildman–Crippen LogP) is 3.34. The van der Waals surface area contributed by atoms with E-state index in [9.17, 15) is 9.59 Å². The molecule has 0 radical (unpaired) electrons. The Kier molecular flexibility index (Phi) is 6.14. The number of rotatable bonds is 6. The number of aromatic nitrogens is 3. The van der Waals surface area contributed by atoms with Gasteiger partial charge in [-0.1, -0.05) is 43.8 Å². The Bertz CT molecular complexity index is 1040. The number of carbonyl (C=O) groups is 1. The second-order valence-electron chi connectivity index (χ2n) is 7.14. The van der Waals surface area contributed by atoms with Gasteiger partial charge in [0.05, 0.1) is 16.2 Å². The van der Waals surface area contributed by atoms with Crippen molar-refractivity contribution in [3.05, 3.63) is 58.5 Å². The van der Waals surface area contributed by atoms with Crippen LogP contribution in [0.25, 0.3) is 16.7 Å². The van der Waals surface area contributed by atoms with Crippen LogP contribution in [0.5, 0.6) is 0 Å². The highest BCUT2D eigenvalue weighted by Gasteiger charge is 2.20. The summed E-state index contributed by atoms with van der Waals surface area (Å²) in [5.41, 5.74) is 1.41. The van der Waals surface area contributed by atoms with Crippen LogP contribution in [0.4, 0.5) is 0 Å². The van der Waals surface area contributed by atoms with Crippen LogP contribution in [0.3, 0.4) is 0 Å². The number of thioether (sulfide) groups is 1. The Morgan fingerprint density at radius 3 is 2.61 bits per heavy atom. The molecule has 1 N–H and O–H groups in total. The van der Waals surface area contributed by atoms with Gasteiger partial charge in [-0.15, -0.1) is 0 Å². The van der Waals surface area contributed by atoms with Crippen molar-refractivity contribution >= 4 is 28.6 Å². The Hall–Kier alpha value is -2.67. The lowest BCUT2D eigenvalue weighted by Gasteiger charge is -2.16. The molecule has 1 atom stereocenters. The molecule has 1 amide bonds. The molecular formula is C21H24N4O2S. The monoisotopic (exact) mass is 396 g/mol. The summed E-state index contributed by atoms with van der Waals surface area (Å²) in [5, 5.41) is 3.50. The Morgan fingerprint density at radius 1 is 1.18 bits per heavy atom. The summed E-state index contributed by atoms with van der Waals surface area (Å²) in [6.45, 7) is 8.46. The average Bonchev–Trinajstić information content (AvgIpc) is 2.67. The predicted molar refractivity (Wildman–Crippen MR) is 113 cm³/mol. The van der Waals surface area contributed by atoms with E-state index in [1.807, 2.05) is 45.9 Å². The van der Waals surface area contributed by atoms with Crippen LogP contribution in [0.2, 0.25) is 0 Å². The van der Waals surface area contributed by atoms with Gasteiger partial charge in [-0.25, -0.2) is 14.5 Å². The third kappa shape index (κ3) is 4.42. The number of nitrogens with zero attached hydrogens (tertiary/aromatic N) is 3. The van der Waals surface area contributed by atoms with E-state index < -0.39 is 5.25 Å². The number of pyridine rings is 1. The van der Waals surface area contributed by atoms with Gasteiger partial charge in [0, 0.05) is 12.7 Å². The first kappa shape index (κ1) is 20.1. The maximum absolute atomic E-state index is 13.2. The van der Waals surface area contributed by atoms with E-state index in [-0.39, 0.29) is 11.5 Å². The third-order valence-corrected chi connectivity index (χ3v) is 5.26. The number of carbonyl (C=O) groups excluding carboxylic acids is 1. The zero-order valence-corrected chi connectivity index (χ0v) is 17.3. The zero-order valence-electron chi connectivity index (χ0n) is 16.5. The Labute approximate surface area is 168 Å². The second kappa shape index (κ2) is 8.56. The number of benzene rings is 1. The second-order valence-corrected chi connectivity index (χ2v) is 8.45. The lowest BCUT2D eigenvalue weighted by molar-refractivity contribution is -0.120. The summed E-state index contributed by atoms with van der Waals surface area (Å²) in [7, 11) is 0. The first-order valence-corrected chi connectivity index (χ1v) is 10.1. The van der Waals surface area contributed by atoms with Crippen molar-refractivity contribution < 1.29 is 4.79 Å². The fraction of sp³-hybridized carbons (Fsp3) is 0.333. The van der Waals surface area contributed by atoms with Crippen molar-refractivity contribution in [1.82, 2.24) is 19.9 Å². The minimum absolute atomic E-state index is 0.0791. The summed E-state index contributed by atoms with van der Waals surface area (Å²) in [6, 6.07) is 10.9. The fourth-order valence-electron chi connectivity index (χ4n) is 2.65. The lowest BCUT2D eigenvalue weighted by Crippen LogP contribution is -2.34. The van der Waals surface area contributed by atoms with Gasteiger partial charge >= 0.3 is 0 Å². The molecule has 6 nitrogen and oxygen atoms in total. The average molecular weight is 397 g/mol. The van der Waals surface area contributed by atoms with Gasteiger partial charge in [-0.2, -0.15) is 0 Å². The summed E-state index contributed by atoms with van der Waals surface area (Å²) in [5.74, 6) is 0.783. The minimum atomic E-state index is -0.400. The summed E-state index contributed by atoms with van der Waals surface area (Å²) < 4.78 is 1.48. The van der Waals surface area contributed by atoms with Crippen LogP contribution >= 0.6 is 11.8 Å². The highest BCUT2D eigenvalue weighted by Crippen LogP contribution is 2.24. The lowest BCUT2D eigenvalue weighted by atomic mass is 10.2. The van der Waals surface area contributed by atoms with E-state index in [0.717, 1.165) is 5.56 Å². The summed E-state index contributed by atoms with van der Waals surface area (Å²) >= 11 is 1.26. The Balaban J connectivity index is 2.05. The fourth-order valence-corrected chi connectivity index (χ4v) is 3.59. The maximum atomic E-state index is 13.2. The summed E-state index contributed by atoms with van der Waals surface area (Å²) in [6.07, 6.45) is 1.71. The van der Waals surface area contributed by atoms with Gasteiger partial charge < -0.3 is 5.32 Å². The molecule has 2 heterocycles. The standard InChI is InChI=1S/C21H24N4O2S/c1-13(2)11-23-19(26)15(4)28-21-24-17-8-6-5-7-16(17)20(27)25(21)18-10-9-14(3)12-22-18/h5-10,12-13,15H,11H2,1-4H3,(H,23,26). The first-order valence-electron chi connectivity index (χ1n) is 9.26. The topological polar surface area (TPSA) is 76.9 Å². The molecule has 2 aromatic heterocycles. The first-order chi connectivity index (χ1) is 13.4. The van der Waals surface area contributed by atoms with Crippen LogP contribution < -0.4 is 10.9 Å². The third-order valence-electron chi connectivity index (χ3n) is 4.21. The number of aryl methyl sites for hydroxylation is 1. The van der Waals surface area contributed by atoms with E-state index in [0.29, 0.717) is 34.3 Å². The van der Waals surface area contributed by atoms with E-state index in [1.54, 1.807) is 24.4 Å². The van der Waals surface area contributed by atoms with Gasteiger partial charge in [0.25, 0.3) is 5.56 Å². The molecule has 1 unspecified atom stereocenters. The molecule has 0 aliphatic rings. The molecule has 0 saturated heterocycles. The van der Waals surface area contributed by atoms with Crippen molar-refractivity contribution in [2.24, 2.45) is 5.92 Å². The number of hydrogen-bond donors (Lipinski definition) is 1. The molecule has 3 rings (SSSR count). The quantitative estimate of drug-likeness (QED) is 0.511. The van der Waals surface area contributed by atoms with Gasteiger partial charge in [0.1, 0.15) is 5.82 Å². The maximum Gasteiger partial charge on any atom is 0.267 e. The van der Waals surface area contributed by atoms with E-state index in [1.165, 1.54) is 16.3 Å². The molecule has 3 aromatic rings. The highest BCUT2D eigenvalue weighted by atomic mass is 32.2. The minimum Gasteiger partial charge on any atom is -0.355 e. The van der Waals surface area contributed by atoms with Crippen molar-refractivity contribution in [3.63, 3.8) is 0 Å². The molecule has 28 heavy (non-hydrogen) atoms. The molecular weight excluding hydrogens is 372 g/mol. The molecule has 0 saturated carbocycles. The zero-order chi connectivity index (χ0) is 20.3. The van der Waals surface area contributed by atoms with Crippen LogP contribution in [-0.2, 0) is 4.79 Å². The van der Waals surface area contributed by atoms with Crippen LogP contribution in [0, 0.1) is 12.8 Å².